The Kier molecular flexibility index (Phi) is 5.31. The van der Waals surface area contributed by atoms with Gasteiger partial charge in [0.05, 0.1) is 17.5 Å². The number of benzene rings is 2. The first kappa shape index (κ1) is 19.1. The maximum absolute atomic E-state index is 13.1. The van der Waals surface area contributed by atoms with E-state index < -0.39 is 6.04 Å². The van der Waals surface area contributed by atoms with Crippen molar-refractivity contribution in [2.45, 2.75) is 25.8 Å². The predicted molar refractivity (Wildman–Crippen MR) is 112 cm³/mol. The monoisotopic (exact) mass is 392 g/mol. The Morgan fingerprint density at radius 1 is 1.21 bits per heavy atom. The Hall–Kier alpha value is -3.19. The molecular formula is C22H24N4O3. The molecule has 1 N–H and O–H groups in total. The van der Waals surface area contributed by atoms with E-state index in [1.54, 1.807) is 12.0 Å². The molecule has 7 heteroatoms. The van der Waals surface area contributed by atoms with Crippen LogP contribution in [0.5, 0.6) is 0 Å². The van der Waals surface area contributed by atoms with Gasteiger partial charge in [-0.2, -0.15) is 0 Å². The highest BCUT2D eigenvalue weighted by Crippen LogP contribution is 2.36. The van der Waals surface area contributed by atoms with E-state index in [1.807, 2.05) is 60.0 Å². The molecule has 0 saturated carbocycles. The number of ether oxygens (including phenoxy) is 1. The summed E-state index contributed by atoms with van der Waals surface area (Å²) in [5.41, 5.74) is 3.47. The lowest BCUT2D eigenvalue weighted by molar-refractivity contribution is -0.124. The minimum Gasteiger partial charge on any atom is -0.385 e. The molecular weight excluding hydrogens is 368 g/mol. The normalized spacial score (nSPS) is 15.7. The molecule has 0 aliphatic carbocycles. The molecule has 1 atom stereocenters. The van der Waals surface area contributed by atoms with E-state index in [1.165, 1.54) is 0 Å². The number of nitrogens with one attached hydrogen (secondary N) is 1. The maximum Gasteiger partial charge on any atom is 0.253 e. The highest BCUT2D eigenvalue weighted by Gasteiger charge is 2.40. The van der Waals surface area contributed by atoms with Crippen molar-refractivity contribution < 1.29 is 14.3 Å². The first-order valence-corrected chi connectivity index (χ1v) is 9.72. The molecule has 0 spiro atoms. The van der Waals surface area contributed by atoms with Crippen LogP contribution in [0.3, 0.4) is 0 Å². The summed E-state index contributed by atoms with van der Waals surface area (Å²) in [6.07, 6.45) is 0.758. The van der Waals surface area contributed by atoms with Gasteiger partial charge in [0, 0.05) is 25.9 Å². The smallest absolute Gasteiger partial charge is 0.253 e. The zero-order valence-electron chi connectivity index (χ0n) is 16.6. The van der Waals surface area contributed by atoms with Gasteiger partial charge >= 0.3 is 0 Å². The number of nitrogens with zero attached hydrogens (tertiary/aromatic N) is 3. The Balaban J connectivity index is 1.61. The minimum absolute atomic E-state index is 0.0565. The summed E-state index contributed by atoms with van der Waals surface area (Å²) in [6, 6.07) is 14.7. The van der Waals surface area contributed by atoms with Crippen molar-refractivity contribution in [3.8, 4) is 0 Å². The van der Waals surface area contributed by atoms with Gasteiger partial charge < -0.3 is 10.1 Å². The SMILES string of the molecule is COCCCN1C(=O)[C@@H](CC(=O)Nc2cccc(C)c2)n2c1nc1ccccc12. The van der Waals surface area contributed by atoms with Crippen LogP contribution in [0.1, 0.15) is 24.4 Å². The van der Waals surface area contributed by atoms with Gasteiger partial charge in [0.2, 0.25) is 11.9 Å². The molecule has 0 bridgehead atoms. The van der Waals surface area contributed by atoms with Gasteiger partial charge in [-0.05, 0) is 43.2 Å². The highest BCUT2D eigenvalue weighted by molar-refractivity contribution is 6.05. The third-order valence-corrected chi connectivity index (χ3v) is 5.09. The molecule has 1 aliphatic heterocycles. The number of aromatic nitrogens is 2. The number of rotatable bonds is 7. The van der Waals surface area contributed by atoms with E-state index in [4.69, 9.17) is 4.74 Å². The molecule has 2 heterocycles. The number of hydrogen-bond donors (Lipinski definition) is 1. The van der Waals surface area contributed by atoms with Crippen LogP contribution in [0.2, 0.25) is 0 Å². The molecule has 1 aromatic heterocycles. The number of hydrogen-bond acceptors (Lipinski definition) is 4. The largest absolute Gasteiger partial charge is 0.385 e. The van der Waals surface area contributed by atoms with E-state index in [0.29, 0.717) is 25.5 Å². The Labute approximate surface area is 169 Å². The second kappa shape index (κ2) is 8.05. The number of aryl methyl sites for hydroxylation is 1. The molecule has 0 saturated heterocycles. The molecule has 2 aromatic carbocycles. The van der Waals surface area contributed by atoms with E-state index in [0.717, 1.165) is 22.3 Å². The van der Waals surface area contributed by atoms with E-state index in [9.17, 15) is 9.59 Å². The summed E-state index contributed by atoms with van der Waals surface area (Å²) >= 11 is 0. The van der Waals surface area contributed by atoms with Crippen LogP contribution in [0.25, 0.3) is 11.0 Å². The highest BCUT2D eigenvalue weighted by atomic mass is 16.5. The quantitative estimate of drug-likeness (QED) is 0.626. The third kappa shape index (κ3) is 3.73. The van der Waals surface area contributed by atoms with Crippen LogP contribution in [0.15, 0.2) is 48.5 Å². The Morgan fingerprint density at radius 2 is 2.03 bits per heavy atom. The molecule has 29 heavy (non-hydrogen) atoms. The molecule has 3 aromatic rings. The second-order valence-corrected chi connectivity index (χ2v) is 7.24. The van der Waals surface area contributed by atoms with Crippen LogP contribution in [-0.4, -0.2) is 41.6 Å². The maximum atomic E-state index is 13.1. The Bertz CT molecular complexity index is 1060. The number of fused-ring (bicyclic) bond motifs is 3. The first-order valence-electron chi connectivity index (χ1n) is 9.72. The fraction of sp³-hybridized carbons (Fsp3) is 0.318. The van der Waals surface area contributed by atoms with Crippen molar-refractivity contribution >= 4 is 34.5 Å². The van der Waals surface area contributed by atoms with Gasteiger partial charge in [0.1, 0.15) is 6.04 Å². The van der Waals surface area contributed by atoms with E-state index in [2.05, 4.69) is 10.3 Å². The van der Waals surface area contributed by atoms with Crippen LogP contribution < -0.4 is 10.2 Å². The third-order valence-electron chi connectivity index (χ3n) is 5.09. The van der Waals surface area contributed by atoms with Crippen molar-refractivity contribution in [3.05, 3.63) is 54.1 Å². The van der Waals surface area contributed by atoms with Crippen LogP contribution in [0, 0.1) is 6.92 Å². The molecule has 4 rings (SSSR count). The summed E-state index contributed by atoms with van der Waals surface area (Å²) in [5, 5.41) is 2.90. The average molecular weight is 392 g/mol. The minimum atomic E-state index is -0.607. The zero-order chi connectivity index (χ0) is 20.4. The zero-order valence-corrected chi connectivity index (χ0v) is 16.6. The summed E-state index contributed by atoms with van der Waals surface area (Å²) in [7, 11) is 1.64. The van der Waals surface area contributed by atoms with Crippen LogP contribution in [-0.2, 0) is 14.3 Å². The van der Waals surface area contributed by atoms with Crippen molar-refractivity contribution in [3.63, 3.8) is 0 Å². The van der Waals surface area contributed by atoms with Crippen molar-refractivity contribution in [1.29, 1.82) is 0 Å². The summed E-state index contributed by atoms with van der Waals surface area (Å²) in [6.45, 7) is 3.03. The standard InChI is InChI=1S/C22H24N4O3/c1-15-7-5-8-16(13-15)23-20(27)14-19-21(28)25(11-6-12-29-2)22-24-17-9-3-4-10-18(17)26(19)22/h3-5,7-10,13,19H,6,11-12,14H2,1-2H3,(H,23,27)/t19-/m1/s1. The lowest BCUT2D eigenvalue weighted by Crippen LogP contribution is -2.32. The van der Waals surface area contributed by atoms with Gasteiger partial charge in [-0.3, -0.25) is 19.1 Å². The summed E-state index contributed by atoms with van der Waals surface area (Å²) in [4.78, 5) is 32.2. The van der Waals surface area contributed by atoms with Gasteiger partial charge in [-0.15, -0.1) is 0 Å². The fourth-order valence-electron chi connectivity index (χ4n) is 3.78. The molecule has 0 radical (unpaired) electrons. The van der Waals surface area contributed by atoms with E-state index in [-0.39, 0.29) is 18.2 Å². The summed E-state index contributed by atoms with van der Waals surface area (Å²) < 4.78 is 7.01. The number of para-hydroxylation sites is 2. The lowest BCUT2D eigenvalue weighted by atomic mass is 10.1. The van der Waals surface area contributed by atoms with Crippen LogP contribution in [0.4, 0.5) is 11.6 Å². The molecule has 7 nitrogen and oxygen atoms in total. The van der Waals surface area contributed by atoms with Crippen LogP contribution >= 0.6 is 0 Å². The van der Waals surface area contributed by atoms with Crippen molar-refractivity contribution in [2.75, 3.05) is 30.5 Å². The van der Waals surface area contributed by atoms with Gasteiger partial charge in [0.15, 0.2) is 0 Å². The predicted octanol–water partition coefficient (Wildman–Crippen LogP) is 3.30. The first-order chi connectivity index (χ1) is 14.1. The Morgan fingerprint density at radius 3 is 2.83 bits per heavy atom. The number of methoxy groups -OCH3 is 1. The number of anilines is 2. The van der Waals surface area contributed by atoms with Crippen molar-refractivity contribution in [2.24, 2.45) is 0 Å². The number of amides is 2. The fourth-order valence-corrected chi connectivity index (χ4v) is 3.78. The van der Waals surface area contributed by atoms with Gasteiger partial charge in [0.25, 0.3) is 5.91 Å². The molecule has 0 unspecified atom stereocenters. The number of carbonyl (C=O) groups is 2. The molecule has 2 amide bonds. The molecule has 0 fully saturated rings. The number of imidazole rings is 1. The topological polar surface area (TPSA) is 76.5 Å². The molecule has 150 valence electrons. The average Bonchev–Trinajstić information content (AvgIpc) is 3.18. The lowest BCUT2D eigenvalue weighted by Gasteiger charge is -2.15. The summed E-state index contributed by atoms with van der Waals surface area (Å²) in [5.74, 6) is 0.297. The van der Waals surface area contributed by atoms with Gasteiger partial charge in [-0.25, -0.2) is 4.98 Å². The van der Waals surface area contributed by atoms with Crippen molar-refractivity contribution in [1.82, 2.24) is 9.55 Å². The second-order valence-electron chi connectivity index (χ2n) is 7.24. The van der Waals surface area contributed by atoms with Gasteiger partial charge in [-0.1, -0.05) is 24.3 Å². The molecule has 1 aliphatic rings. The van der Waals surface area contributed by atoms with E-state index >= 15 is 0 Å². The number of carbonyl (C=O) groups excluding carboxylic acids is 2.